The van der Waals surface area contributed by atoms with Crippen molar-refractivity contribution in [1.29, 1.82) is 0 Å². The molecule has 0 atom stereocenters. The zero-order valence-corrected chi connectivity index (χ0v) is 21.6. The van der Waals surface area contributed by atoms with E-state index in [4.69, 9.17) is 0 Å². The van der Waals surface area contributed by atoms with Crippen LogP contribution in [-0.4, -0.2) is 44.3 Å². The molecule has 4 aromatic rings. The summed E-state index contributed by atoms with van der Waals surface area (Å²) < 4.78 is 84.6. The van der Waals surface area contributed by atoms with Crippen LogP contribution in [0.2, 0.25) is 0 Å². The number of carbonyl (C=O) groups is 4. The van der Waals surface area contributed by atoms with E-state index in [0.29, 0.717) is 36.4 Å². The van der Waals surface area contributed by atoms with Crippen LogP contribution >= 0.6 is 0 Å². The Bertz CT molecular complexity index is 1720. The monoisotopic (exact) mass is 618 g/mol. The molecule has 0 aliphatic rings. The lowest BCUT2D eigenvalue weighted by molar-refractivity contribution is -0.137. The van der Waals surface area contributed by atoms with Gasteiger partial charge in [0.2, 0.25) is 0 Å². The van der Waals surface area contributed by atoms with Crippen molar-refractivity contribution in [3.05, 3.63) is 106 Å². The van der Waals surface area contributed by atoms with Gasteiger partial charge >= 0.3 is 36.2 Å². The quantitative estimate of drug-likeness (QED) is 0.155. The second-order valence-electron chi connectivity index (χ2n) is 9.19. The third kappa shape index (κ3) is 5.82. The fourth-order valence-corrected chi connectivity index (χ4v) is 4.73. The SMILES string of the molecule is O=C(O)c1cc(-c2cc(C(=O)O)c(C(=O)O)cc2-c2ccccc2C(F)(F)F)c(-c2ccccc2C(F)(F)F)cc1C(=O)O. The first-order chi connectivity index (χ1) is 20.4. The van der Waals surface area contributed by atoms with E-state index in [-0.39, 0.29) is 0 Å². The summed E-state index contributed by atoms with van der Waals surface area (Å²) in [4.78, 5) is 48.1. The molecule has 0 unspecified atom stereocenters. The molecule has 0 spiro atoms. The number of carboxylic acid groups (broad SMARTS) is 4. The van der Waals surface area contributed by atoms with Crippen LogP contribution < -0.4 is 0 Å². The fraction of sp³-hybridized carbons (Fsp3) is 0.0667. The lowest BCUT2D eigenvalue weighted by Gasteiger charge is -2.22. The van der Waals surface area contributed by atoms with Gasteiger partial charge in [0.05, 0.1) is 33.4 Å². The maximum Gasteiger partial charge on any atom is 0.417 e. The molecule has 0 aliphatic carbocycles. The van der Waals surface area contributed by atoms with Gasteiger partial charge in [0.1, 0.15) is 0 Å². The molecule has 0 saturated heterocycles. The Kier molecular flexibility index (Phi) is 7.97. The lowest BCUT2D eigenvalue weighted by atomic mass is 9.82. The largest absolute Gasteiger partial charge is 0.478 e. The molecule has 14 heteroatoms. The van der Waals surface area contributed by atoms with Gasteiger partial charge in [-0.25, -0.2) is 19.2 Å². The molecule has 0 radical (unpaired) electrons. The molecule has 0 bridgehead atoms. The fourth-order valence-electron chi connectivity index (χ4n) is 4.73. The van der Waals surface area contributed by atoms with Crippen LogP contribution in [0.5, 0.6) is 0 Å². The Morgan fingerprint density at radius 2 is 0.636 bits per heavy atom. The van der Waals surface area contributed by atoms with Gasteiger partial charge in [0.15, 0.2) is 0 Å². The summed E-state index contributed by atoms with van der Waals surface area (Å²) in [7, 11) is 0. The first-order valence-corrected chi connectivity index (χ1v) is 12.1. The Balaban J connectivity index is 2.31. The average molecular weight is 618 g/mol. The van der Waals surface area contributed by atoms with Crippen LogP contribution in [0.3, 0.4) is 0 Å². The number of hydrogen-bond donors (Lipinski definition) is 4. The third-order valence-corrected chi connectivity index (χ3v) is 6.57. The van der Waals surface area contributed by atoms with Crippen LogP contribution in [0.4, 0.5) is 26.3 Å². The average Bonchev–Trinajstić information content (AvgIpc) is 2.94. The van der Waals surface area contributed by atoms with Crippen LogP contribution in [0.15, 0.2) is 72.8 Å². The van der Waals surface area contributed by atoms with Crippen molar-refractivity contribution in [2.45, 2.75) is 12.4 Å². The summed E-state index contributed by atoms with van der Waals surface area (Å²) in [6.07, 6.45) is -10.1. The molecular formula is C30H16F6O8. The molecule has 0 aliphatic heterocycles. The van der Waals surface area contributed by atoms with Crippen LogP contribution in [0.25, 0.3) is 33.4 Å². The van der Waals surface area contributed by atoms with Crippen LogP contribution in [0.1, 0.15) is 52.6 Å². The Morgan fingerprint density at radius 3 is 0.864 bits per heavy atom. The molecule has 4 rings (SSSR count). The zero-order valence-electron chi connectivity index (χ0n) is 21.6. The second-order valence-corrected chi connectivity index (χ2v) is 9.19. The third-order valence-electron chi connectivity index (χ3n) is 6.57. The lowest BCUT2D eigenvalue weighted by Crippen LogP contribution is -2.13. The molecule has 226 valence electrons. The topological polar surface area (TPSA) is 149 Å². The van der Waals surface area contributed by atoms with Crippen molar-refractivity contribution >= 4 is 23.9 Å². The molecule has 44 heavy (non-hydrogen) atoms. The van der Waals surface area contributed by atoms with Crippen molar-refractivity contribution in [2.24, 2.45) is 0 Å². The summed E-state index contributed by atoms with van der Waals surface area (Å²) in [5, 5.41) is 38.9. The highest BCUT2D eigenvalue weighted by atomic mass is 19.4. The van der Waals surface area contributed by atoms with Gasteiger partial charge in [-0.05, 0) is 69.8 Å². The molecule has 4 N–H and O–H groups in total. The number of benzene rings is 4. The standard InChI is InChI=1S/C30H16F6O8/c31-29(32,33)23-7-3-1-5-13(23)15-9-19(25(37)38)21(27(41)42)11-17(15)18-12-22(28(43)44)20(26(39)40)10-16(18)14-6-2-4-8-24(14)30(34,35)36/h1-12H,(H,37,38)(H,39,40)(H,41,42)(H,43,44). The summed E-state index contributed by atoms with van der Waals surface area (Å²) in [6.45, 7) is 0. The number of carboxylic acids is 4. The van der Waals surface area contributed by atoms with Gasteiger partial charge in [-0.3, -0.25) is 0 Å². The normalized spacial score (nSPS) is 11.7. The van der Waals surface area contributed by atoms with E-state index in [9.17, 15) is 65.9 Å². The molecule has 8 nitrogen and oxygen atoms in total. The minimum atomic E-state index is -5.06. The maximum atomic E-state index is 14.1. The van der Waals surface area contributed by atoms with Gasteiger partial charge in [-0.1, -0.05) is 36.4 Å². The van der Waals surface area contributed by atoms with Crippen molar-refractivity contribution in [3.63, 3.8) is 0 Å². The van der Waals surface area contributed by atoms with Crippen LogP contribution in [-0.2, 0) is 12.4 Å². The minimum Gasteiger partial charge on any atom is -0.478 e. The summed E-state index contributed by atoms with van der Waals surface area (Å²) in [5.74, 6) is -7.49. The van der Waals surface area contributed by atoms with Crippen molar-refractivity contribution in [2.75, 3.05) is 0 Å². The van der Waals surface area contributed by atoms with E-state index in [0.717, 1.165) is 36.4 Å². The Morgan fingerprint density at radius 1 is 0.409 bits per heavy atom. The van der Waals surface area contributed by atoms with Crippen molar-refractivity contribution in [3.8, 4) is 33.4 Å². The first-order valence-electron chi connectivity index (χ1n) is 12.1. The number of aromatic carboxylic acids is 4. The van der Waals surface area contributed by atoms with E-state index in [2.05, 4.69) is 0 Å². The van der Waals surface area contributed by atoms with E-state index in [1.807, 2.05) is 0 Å². The summed E-state index contributed by atoms with van der Waals surface area (Å²) >= 11 is 0. The molecule has 0 saturated carbocycles. The maximum absolute atomic E-state index is 14.1. The Hall–Kier alpha value is -5.66. The zero-order chi connectivity index (χ0) is 32.7. The molecule has 0 fully saturated rings. The second kappa shape index (κ2) is 11.2. The highest BCUT2D eigenvalue weighted by Gasteiger charge is 2.37. The van der Waals surface area contributed by atoms with Gasteiger partial charge in [-0.2, -0.15) is 26.3 Å². The van der Waals surface area contributed by atoms with E-state index >= 15 is 0 Å². The van der Waals surface area contributed by atoms with Crippen molar-refractivity contribution < 1.29 is 65.9 Å². The number of rotatable bonds is 7. The summed E-state index contributed by atoms with van der Waals surface area (Å²) in [6, 6.07) is 9.68. The van der Waals surface area contributed by atoms with E-state index in [1.165, 1.54) is 0 Å². The van der Waals surface area contributed by atoms with E-state index < -0.39 is 103 Å². The number of halogens is 6. The molecule has 4 aromatic carbocycles. The highest BCUT2D eigenvalue weighted by molar-refractivity contribution is 6.09. The van der Waals surface area contributed by atoms with Gasteiger partial charge in [0.25, 0.3) is 0 Å². The summed E-state index contributed by atoms with van der Waals surface area (Å²) in [5.41, 5.74) is -10.5. The molecular weight excluding hydrogens is 602 g/mol. The predicted molar refractivity (Wildman–Crippen MR) is 141 cm³/mol. The smallest absolute Gasteiger partial charge is 0.417 e. The van der Waals surface area contributed by atoms with Gasteiger partial charge in [-0.15, -0.1) is 0 Å². The van der Waals surface area contributed by atoms with Crippen molar-refractivity contribution in [1.82, 2.24) is 0 Å². The molecule has 0 heterocycles. The van der Waals surface area contributed by atoms with Gasteiger partial charge < -0.3 is 20.4 Å². The Labute approximate surface area is 242 Å². The number of alkyl halides is 6. The predicted octanol–water partition coefficient (Wildman–Crippen LogP) is 7.52. The minimum absolute atomic E-state index is 0.580. The first kappa shape index (κ1) is 31.3. The van der Waals surface area contributed by atoms with Gasteiger partial charge in [0, 0.05) is 0 Å². The molecule has 0 amide bonds. The highest BCUT2D eigenvalue weighted by Crippen LogP contribution is 2.47. The number of hydrogen-bond acceptors (Lipinski definition) is 4. The van der Waals surface area contributed by atoms with E-state index in [1.54, 1.807) is 0 Å². The molecule has 0 aromatic heterocycles. The van der Waals surface area contributed by atoms with Crippen LogP contribution in [0, 0.1) is 0 Å².